The van der Waals surface area contributed by atoms with Gasteiger partial charge in [-0.1, -0.05) is 37.8 Å². The molecule has 0 spiro atoms. The van der Waals surface area contributed by atoms with Crippen LogP contribution in [0.5, 0.6) is 0 Å². The van der Waals surface area contributed by atoms with E-state index >= 15 is 0 Å². The summed E-state index contributed by atoms with van der Waals surface area (Å²) < 4.78 is 30.5. The maximum Gasteiger partial charge on any atom is 0.294 e. The van der Waals surface area contributed by atoms with E-state index in [1.54, 1.807) is 12.1 Å². The Labute approximate surface area is 98.3 Å². The number of hydrogen-bond donors (Lipinski definition) is 1. The van der Waals surface area contributed by atoms with E-state index in [-0.39, 0.29) is 4.90 Å². The molecular weight excluding hydrogens is 240 g/mol. The van der Waals surface area contributed by atoms with Gasteiger partial charge in [0.2, 0.25) is 0 Å². The molecule has 0 heterocycles. The van der Waals surface area contributed by atoms with E-state index in [1.165, 1.54) is 18.2 Å². The quantitative estimate of drug-likeness (QED) is 0.667. The number of hydrogen-bond acceptors (Lipinski definition) is 2. The molecule has 16 heavy (non-hydrogen) atoms. The fraction of sp³-hybridized carbons (Fsp3) is 0.455. The zero-order valence-electron chi connectivity index (χ0n) is 9.90. The first-order valence-electron chi connectivity index (χ1n) is 5.25. The van der Waals surface area contributed by atoms with Crippen molar-refractivity contribution >= 4 is 18.2 Å². The Kier molecular flexibility index (Phi) is 3.93. The van der Waals surface area contributed by atoms with Gasteiger partial charge in [-0.15, -0.1) is 0 Å². The molecule has 0 aliphatic heterocycles. The van der Waals surface area contributed by atoms with Gasteiger partial charge in [-0.2, -0.15) is 8.42 Å². The molecule has 1 rings (SSSR count). The van der Waals surface area contributed by atoms with Crippen LogP contribution in [0.2, 0.25) is 25.7 Å². The van der Waals surface area contributed by atoms with Crippen LogP contribution < -0.4 is 0 Å². The smallest absolute Gasteiger partial charge is 0.282 e. The third-order valence-corrected chi connectivity index (χ3v) is 5.00. The molecule has 3 nitrogen and oxygen atoms in total. The maximum atomic E-state index is 10.8. The minimum atomic E-state index is -4.05. The molecule has 0 saturated heterocycles. The van der Waals surface area contributed by atoms with Crippen molar-refractivity contribution < 1.29 is 13.0 Å². The lowest BCUT2D eigenvalue weighted by Crippen LogP contribution is -2.19. The molecule has 1 N–H and O–H groups in total. The van der Waals surface area contributed by atoms with Crippen molar-refractivity contribution in [3.8, 4) is 0 Å². The van der Waals surface area contributed by atoms with Crippen LogP contribution in [0.25, 0.3) is 0 Å². The van der Waals surface area contributed by atoms with Crippen molar-refractivity contribution in [2.24, 2.45) is 0 Å². The van der Waals surface area contributed by atoms with Crippen molar-refractivity contribution in [1.29, 1.82) is 0 Å². The molecule has 0 aliphatic carbocycles. The van der Waals surface area contributed by atoms with Gasteiger partial charge in [0.25, 0.3) is 10.1 Å². The normalized spacial score (nSPS) is 12.8. The highest BCUT2D eigenvalue weighted by atomic mass is 32.2. The lowest BCUT2D eigenvalue weighted by Gasteiger charge is -2.15. The first-order chi connectivity index (χ1) is 7.18. The summed E-state index contributed by atoms with van der Waals surface area (Å²) in [5.41, 5.74) is 1.12. The average Bonchev–Trinajstić information content (AvgIpc) is 2.13. The molecular formula is C11H18O3SSi. The highest BCUT2D eigenvalue weighted by molar-refractivity contribution is 7.85. The highest BCUT2D eigenvalue weighted by Crippen LogP contribution is 2.15. The summed E-state index contributed by atoms with van der Waals surface area (Å²) in [6, 6.07) is 7.62. The third-order valence-electron chi connectivity index (χ3n) is 2.38. The SMILES string of the molecule is C[Si](C)(C)CCc1ccc(S(=O)(=O)O)cc1. The molecule has 0 radical (unpaired) electrons. The third kappa shape index (κ3) is 4.47. The lowest BCUT2D eigenvalue weighted by atomic mass is 10.2. The van der Waals surface area contributed by atoms with Crippen LogP contribution >= 0.6 is 0 Å². The highest BCUT2D eigenvalue weighted by Gasteiger charge is 2.13. The van der Waals surface area contributed by atoms with Gasteiger partial charge in [-0.05, 0) is 24.1 Å². The summed E-state index contributed by atoms with van der Waals surface area (Å²) in [4.78, 5) is -0.0377. The van der Waals surface area contributed by atoms with Crippen molar-refractivity contribution in [2.75, 3.05) is 0 Å². The molecule has 0 saturated carbocycles. The Morgan fingerprint density at radius 2 is 1.62 bits per heavy atom. The molecule has 0 bridgehead atoms. The van der Waals surface area contributed by atoms with Crippen LogP contribution in [0, 0.1) is 0 Å². The van der Waals surface area contributed by atoms with E-state index in [0.29, 0.717) is 0 Å². The van der Waals surface area contributed by atoms with Gasteiger partial charge in [0.05, 0.1) is 4.90 Å². The Morgan fingerprint density at radius 3 is 2.00 bits per heavy atom. The number of benzene rings is 1. The van der Waals surface area contributed by atoms with E-state index in [9.17, 15) is 8.42 Å². The van der Waals surface area contributed by atoms with Crippen LogP contribution in [-0.4, -0.2) is 21.0 Å². The molecule has 0 fully saturated rings. The second kappa shape index (κ2) is 4.69. The lowest BCUT2D eigenvalue weighted by molar-refractivity contribution is 0.483. The van der Waals surface area contributed by atoms with Gasteiger partial charge in [0.15, 0.2) is 0 Å². The van der Waals surface area contributed by atoms with Crippen LogP contribution in [0.3, 0.4) is 0 Å². The number of aryl methyl sites for hydroxylation is 1. The Bertz CT molecular complexity index is 443. The molecule has 1 aromatic carbocycles. The van der Waals surface area contributed by atoms with Crippen LogP contribution in [0.15, 0.2) is 29.2 Å². The Hall–Kier alpha value is -0.653. The fourth-order valence-corrected chi connectivity index (χ4v) is 2.87. The average molecular weight is 258 g/mol. The Balaban J connectivity index is 2.73. The van der Waals surface area contributed by atoms with E-state index in [0.717, 1.165) is 12.0 Å². The van der Waals surface area contributed by atoms with Crippen LogP contribution in [0.4, 0.5) is 0 Å². The van der Waals surface area contributed by atoms with Crippen LogP contribution in [-0.2, 0) is 16.5 Å². The first-order valence-corrected chi connectivity index (χ1v) is 10.4. The zero-order chi connectivity index (χ0) is 12.4. The molecule has 0 atom stereocenters. The van der Waals surface area contributed by atoms with Gasteiger partial charge in [0.1, 0.15) is 0 Å². The topological polar surface area (TPSA) is 54.4 Å². The van der Waals surface area contributed by atoms with E-state index in [2.05, 4.69) is 19.6 Å². The standard InChI is InChI=1S/C11H18O3SSi/c1-16(2,3)9-8-10-4-6-11(7-5-10)15(12,13)14/h4-7H,8-9H2,1-3H3,(H,12,13,14). The molecule has 0 unspecified atom stereocenters. The second-order valence-corrected chi connectivity index (χ2v) is 12.2. The molecule has 1 aromatic rings. The van der Waals surface area contributed by atoms with Gasteiger partial charge in [0, 0.05) is 8.07 Å². The van der Waals surface area contributed by atoms with Crippen molar-refractivity contribution in [2.45, 2.75) is 37.0 Å². The van der Waals surface area contributed by atoms with Gasteiger partial charge < -0.3 is 0 Å². The zero-order valence-corrected chi connectivity index (χ0v) is 11.7. The maximum absolute atomic E-state index is 10.8. The molecule has 0 aliphatic rings. The fourth-order valence-electron chi connectivity index (χ4n) is 1.35. The van der Waals surface area contributed by atoms with Crippen LogP contribution in [0.1, 0.15) is 5.56 Å². The minimum Gasteiger partial charge on any atom is -0.282 e. The molecule has 90 valence electrons. The Morgan fingerprint density at radius 1 is 1.12 bits per heavy atom. The van der Waals surface area contributed by atoms with Crippen molar-refractivity contribution in [3.05, 3.63) is 29.8 Å². The van der Waals surface area contributed by atoms with Gasteiger partial charge in [-0.25, -0.2) is 0 Å². The monoisotopic (exact) mass is 258 g/mol. The first kappa shape index (κ1) is 13.4. The molecule has 5 heteroatoms. The predicted molar refractivity (Wildman–Crippen MR) is 68.1 cm³/mol. The van der Waals surface area contributed by atoms with Crippen molar-refractivity contribution in [3.63, 3.8) is 0 Å². The van der Waals surface area contributed by atoms with Gasteiger partial charge >= 0.3 is 0 Å². The second-order valence-electron chi connectivity index (χ2n) is 5.18. The van der Waals surface area contributed by atoms with Crippen molar-refractivity contribution in [1.82, 2.24) is 0 Å². The molecule has 0 aromatic heterocycles. The molecule has 0 amide bonds. The minimum absolute atomic E-state index is 0.0377. The summed E-state index contributed by atoms with van der Waals surface area (Å²) in [7, 11) is -5.11. The van der Waals surface area contributed by atoms with E-state index < -0.39 is 18.2 Å². The summed E-state index contributed by atoms with van der Waals surface area (Å²) in [6.07, 6.45) is 0.974. The largest absolute Gasteiger partial charge is 0.294 e. The summed E-state index contributed by atoms with van der Waals surface area (Å²) in [5, 5.41) is 0. The summed E-state index contributed by atoms with van der Waals surface area (Å²) in [6.45, 7) is 6.92. The van der Waals surface area contributed by atoms with Gasteiger partial charge in [-0.3, -0.25) is 4.55 Å². The van der Waals surface area contributed by atoms with E-state index in [1.807, 2.05) is 0 Å². The van der Waals surface area contributed by atoms with E-state index in [4.69, 9.17) is 4.55 Å². The summed E-state index contributed by atoms with van der Waals surface area (Å²) in [5.74, 6) is 0. The summed E-state index contributed by atoms with van der Waals surface area (Å²) >= 11 is 0. The predicted octanol–water partition coefficient (Wildman–Crippen LogP) is 2.81. The number of rotatable bonds is 4.